The Morgan fingerprint density at radius 3 is 2.50 bits per heavy atom. The summed E-state index contributed by atoms with van der Waals surface area (Å²) in [4.78, 5) is 0. The Morgan fingerprint density at radius 2 is 2.12 bits per heavy atom. The summed E-state index contributed by atoms with van der Waals surface area (Å²) in [7, 11) is -0.755. The summed E-state index contributed by atoms with van der Waals surface area (Å²) in [5.41, 5.74) is 0. The van der Waals surface area contributed by atoms with Gasteiger partial charge in [0.25, 0.3) is 0 Å². The van der Waals surface area contributed by atoms with E-state index in [4.69, 9.17) is 0 Å². The SMILES string of the molecule is CCCCC[S+]([O-])Br. The summed E-state index contributed by atoms with van der Waals surface area (Å²) in [5.74, 6) is 0.799. The molecule has 1 atom stereocenters. The van der Waals surface area contributed by atoms with E-state index in [0.717, 1.165) is 12.2 Å². The molecule has 0 N–H and O–H groups in total. The van der Waals surface area contributed by atoms with Crippen molar-refractivity contribution in [3.63, 3.8) is 0 Å². The molecule has 0 amide bonds. The second kappa shape index (κ2) is 5.92. The van der Waals surface area contributed by atoms with E-state index in [2.05, 4.69) is 21.7 Å². The van der Waals surface area contributed by atoms with Crippen LogP contribution >= 0.6 is 14.8 Å². The van der Waals surface area contributed by atoms with Crippen LogP contribution in [-0.2, 0) is 9.61 Å². The molecule has 0 heterocycles. The van der Waals surface area contributed by atoms with Crippen molar-refractivity contribution in [1.82, 2.24) is 0 Å². The van der Waals surface area contributed by atoms with Crippen LogP contribution in [0.2, 0.25) is 0 Å². The molecule has 0 rings (SSSR count). The monoisotopic (exact) mass is 198 g/mol. The minimum atomic E-state index is -0.755. The molecule has 1 unspecified atom stereocenters. The molecule has 0 spiro atoms. The van der Waals surface area contributed by atoms with Crippen molar-refractivity contribution in [2.45, 2.75) is 26.2 Å². The largest absolute Gasteiger partial charge is 0.606 e. The molecule has 0 aliphatic heterocycles. The number of hydrogen-bond donors (Lipinski definition) is 0. The molecule has 1 nitrogen and oxygen atoms in total. The van der Waals surface area contributed by atoms with Gasteiger partial charge in [0, 0.05) is 9.61 Å². The first-order chi connectivity index (χ1) is 3.77. The van der Waals surface area contributed by atoms with E-state index in [9.17, 15) is 4.55 Å². The van der Waals surface area contributed by atoms with Gasteiger partial charge < -0.3 is 4.55 Å². The van der Waals surface area contributed by atoms with Gasteiger partial charge in [-0.15, -0.1) is 0 Å². The van der Waals surface area contributed by atoms with E-state index in [1.54, 1.807) is 0 Å². The molecule has 8 heavy (non-hydrogen) atoms. The lowest BCUT2D eigenvalue weighted by Gasteiger charge is -1.98. The fourth-order valence-electron chi connectivity index (χ4n) is 0.466. The molecule has 50 valence electrons. The summed E-state index contributed by atoms with van der Waals surface area (Å²) >= 11 is 2.98. The van der Waals surface area contributed by atoms with Crippen molar-refractivity contribution >= 4 is 24.4 Å². The van der Waals surface area contributed by atoms with Crippen molar-refractivity contribution in [2.75, 3.05) is 5.75 Å². The maximum atomic E-state index is 10.3. The van der Waals surface area contributed by atoms with Crippen LogP contribution in [0.3, 0.4) is 0 Å². The van der Waals surface area contributed by atoms with E-state index in [0.29, 0.717) is 0 Å². The Morgan fingerprint density at radius 1 is 1.50 bits per heavy atom. The lowest BCUT2D eigenvalue weighted by molar-refractivity contribution is 0.605. The Bertz CT molecular complexity index is 49.7. The minimum absolute atomic E-state index is 0.755. The first-order valence-electron chi connectivity index (χ1n) is 2.82. The topological polar surface area (TPSA) is 23.1 Å². The maximum Gasteiger partial charge on any atom is 0.230 e. The number of unbranched alkanes of at least 4 members (excludes halogenated alkanes) is 2. The molecule has 0 aromatic rings. The predicted octanol–water partition coefficient (Wildman–Crippen LogP) is 2.24. The Hall–Kier alpha value is 0.790. The third kappa shape index (κ3) is 6.79. The quantitative estimate of drug-likeness (QED) is 0.503. The lowest BCUT2D eigenvalue weighted by atomic mass is 10.3. The van der Waals surface area contributed by atoms with Crippen LogP contribution in [-0.4, -0.2) is 10.3 Å². The number of rotatable bonds is 4. The Labute approximate surface area is 61.2 Å². The Balaban J connectivity index is 2.72. The molecule has 0 aliphatic rings. The van der Waals surface area contributed by atoms with Gasteiger partial charge in [0.15, 0.2) is 0 Å². The van der Waals surface area contributed by atoms with Gasteiger partial charge in [-0.3, -0.25) is 0 Å². The summed E-state index contributed by atoms with van der Waals surface area (Å²) in [6.45, 7) is 2.14. The fourth-order valence-corrected chi connectivity index (χ4v) is 1.58. The van der Waals surface area contributed by atoms with E-state index < -0.39 is 9.61 Å². The third-order valence-corrected chi connectivity index (χ3v) is 2.49. The molecule has 0 aromatic carbocycles. The Kier molecular flexibility index (Phi) is 6.50. The first kappa shape index (κ1) is 8.79. The van der Waals surface area contributed by atoms with Crippen LogP contribution in [0, 0.1) is 0 Å². The van der Waals surface area contributed by atoms with Gasteiger partial charge in [-0.25, -0.2) is 0 Å². The highest BCUT2D eigenvalue weighted by Gasteiger charge is 1.97. The predicted molar refractivity (Wildman–Crippen MR) is 41.5 cm³/mol. The van der Waals surface area contributed by atoms with E-state index in [1.807, 2.05) is 0 Å². The molecule has 0 aliphatic carbocycles. The molecule has 0 fully saturated rings. The molecular weight excluding hydrogens is 188 g/mol. The van der Waals surface area contributed by atoms with Crippen molar-refractivity contribution < 1.29 is 4.55 Å². The summed E-state index contributed by atoms with van der Waals surface area (Å²) in [5, 5.41) is 0. The van der Waals surface area contributed by atoms with Crippen molar-refractivity contribution in [3.05, 3.63) is 0 Å². The highest BCUT2D eigenvalue weighted by atomic mass is 79.9. The minimum Gasteiger partial charge on any atom is -0.606 e. The molecule has 3 heteroatoms. The number of halogens is 1. The highest BCUT2D eigenvalue weighted by Crippen LogP contribution is 2.04. The van der Waals surface area contributed by atoms with Gasteiger partial charge in [-0.2, -0.15) is 0 Å². The zero-order chi connectivity index (χ0) is 6.41. The van der Waals surface area contributed by atoms with Gasteiger partial charge in [0.2, 0.25) is 14.8 Å². The summed E-state index contributed by atoms with van der Waals surface area (Å²) in [6.07, 6.45) is 3.47. The molecule has 0 saturated carbocycles. The van der Waals surface area contributed by atoms with Gasteiger partial charge in [0.1, 0.15) is 5.75 Å². The van der Waals surface area contributed by atoms with Crippen LogP contribution in [0.4, 0.5) is 0 Å². The lowest BCUT2D eigenvalue weighted by Crippen LogP contribution is -1.95. The van der Waals surface area contributed by atoms with Gasteiger partial charge in [-0.05, 0) is 12.8 Å². The van der Waals surface area contributed by atoms with Gasteiger partial charge in [-0.1, -0.05) is 13.3 Å². The van der Waals surface area contributed by atoms with E-state index in [1.165, 1.54) is 12.8 Å². The standard InChI is InChI=1S/C5H11BrOS/c1-2-3-4-5-8(6)7/h2-5H2,1H3. The molecule has 0 radical (unpaired) electrons. The van der Waals surface area contributed by atoms with E-state index in [-0.39, 0.29) is 0 Å². The molecule has 0 bridgehead atoms. The smallest absolute Gasteiger partial charge is 0.230 e. The first-order valence-corrected chi connectivity index (χ1v) is 5.98. The molecule has 0 aromatic heterocycles. The van der Waals surface area contributed by atoms with E-state index >= 15 is 0 Å². The second-order valence-electron chi connectivity index (χ2n) is 1.70. The van der Waals surface area contributed by atoms with Crippen molar-refractivity contribution in [2.24, 2.45) is 0 Å². The fraction of sp³-hybridized carbons (Fsp3) is 1.00. The normalized spacial score (nSPS) is 13.9. The molecular formula is C5H11BrOS. The highest BCUT2D eigenvalue weighted by molar-refractivity contribution is 9.47. The zero-order valence-electron chi connectivity index (χ0n) is 5.02. The van der Waals surface area contributed by atoms with Crippen LogP contribution in [0.15, 0.2) is 0 Å². The average Bonchev–Trinajstić information content (AvgIpc) is 1.66. The average molecular weight is 199 g/mol. The zero-order valence-corrected chi connectivity index (χ0v) is 7.43. The molecule has 0 saturated heterocycles. The van der Waals surface area contributed by atoms with Gasteiger partial charge >= 0.3 is 0 Å². The third-order valence-electron chi connectivity index (χ3n) is 0.908. The van der Waals surface area contributed by atoms with Crippen LogP contribution in [0.25, 0.3) is 0 Å². The van der Waals surface area contributed by atoms with Crippen LogP contribution in [0.5, 0.6) is 0 Å². The van der Waals surface area contributed by atoms with Gasteiger partial charge in [0.05, 0.1) is 0 Å². The maximum absolute atomic E-state index is 10.3. The van der Waals surface area contributed by atoms with Crippen molar-refractivity contribution in [1.29, 1.82) is 0 Å². The summed E-state index contributed by atoms with van der Waals surface area (Å²) < 4.78 is 10.3. The number of hydrogen-bond acceptors (Lipinski definition) is 1. The second-order valence-corrected chi connectivity index (χ2v) is 4.86. The van der Waals surface area contributed by atoms with Crippen LogP contribution in [0.1, 0.15) is 26.2 Å². The van der Waals surface area contributed by atoms with Crippen molar-refractivity contribution in [3.8, 4) is 0 Å². The van der Waals surface area contributed by atoms with Crippen LogP contribution < -0.4 is 0 Å². The summed E-state index contributed by atoms with van der Waals surface area (Å²) in [6, 6.07) is 0.